The van der Waals surface area contributed by atoms with Crippen LogP contribution >= 0.6 is 0 Å². The Bertz CT molecular complexity index is 341. The fourth-order valence-corrected chi connectivity index (χ4v) is 2.05. The largest absolute Gasteiger partial charge is 0.367 e. The van der Waals surface area contributed by atoms with E-state index in [-0.39, 0.29) is 11.7 Å². The fourth-order valence-electron chi connectivity index (χ4n) is 2.05. The second-order valence-electron chi connectivity index (χ2n) is 4.70. The quantitative estimate of drug-likeness (QED) is 0.785. The number of hydrogen-bond donors (Lipinski definition) is 1. The number of ether oxygens (including phenoxy) is 1. The number of nitrogens with two attached hydrogens (primary N) is 1. The van der Waals surface area contributed by atoms with Crippen LogP contribution in [0.1, 0.15) is 13.8 Å². The summed E-state index contributed by atoms with van der Waals surface area (Å²) >= 11 is 0. The SMILES string of the molecule is CC1(C)CN(c2cccnn2)CC(CN)O1. The summed E-state index contributed by atoms with van der Waals surface area (Å²) in [5.74, 6) is 0.886. The van der Waals surface area contributed by atoms with E-state index in [0.717, 1.165) is 18.9 Å². The van der Waals surface area contributed by atoms with Crippen LogP contribution in [0.5, 0.6) is 0 Å². The van der Waals surface area contributed by atoms with Crippen molar-refractivity contribution >= 4 is 5.82 Å². The molecule has 1 fully saturated rings. The lowest BCUT2D eigenvalue weighted by molar-refractivity contribution is -0.0790. The minimum absolute atomic E-state index is 0.0609. The first-order chi connectivity index (χ1) is 7.61. The number of nitrogens with zero attached hydrogens (tertiary/aromatic N) is 3. The molecule has 16 heavy (non-hydrogen) atoms. The fraction of sp³-hybridized carbons (Fsp3) is 0.636. The van der Waals surface area contributed by atoms with Gasteiger partial charge in [0.1, 0.15) is 0 Å². The van der Waals surface area contributed by atoms with Gasteiger partial charge in [-0.15, -0.1) is 5.10 Å². The maximum atomic E-state index is 5.86. The summed E-state index contributed by atoms with van der Waals surface area (Å²) in [5, 5.41) is 8.01. The molecule has 0 aromatic carbocycles. The molecule has 1 aromatic heterocycles. The third kappa shape index (κ3) is 2.48. The first kappa shape index (κ1) is 11.3. The summed E-state index contributed by atoms with van der Waals surface area (Å²) in [7, 11) is 0. The van der Waals surface area contributed by atoms with E-state index >= 15 is 0 Å². The van der Waals surface area contributed by atoms with Gasteiger partial charge in [-0.05, 0) is 26.0 Å². The number of morpholine rings is 1. The van der Waals surface area contributed by atoms with Crippen molar-refractivity contribution in [3.05, 3.63) is 18.3 Å². The second-order valence-corrected chi connectivity index (χ2v) is 4.70. The molecule has 2 heterocycles. The Balaban J connectivity index is 2.16. The van der Waals surface area contributed by atoms with Gasteiger partial charge in [-0.25, -0.2) is 0 Å². The van der Waals surface area contributed by atoms with E-state index in [2.05, 4.69) is 28.9 Å². The molecule has 1 unspecified atom stereocenters. The molecule has 1 aromatic rings. The molecule has 0 bridgehead atoms. The van der Waals surface area contributed by atoms with Crippen molar-refractivity contribution in [2.24, 2.45) is 5.73 Å². The monoisotopic (exact) mass is 222 g/mol. The van der Waals surface area contributed by atoms with E-state index < -0.39 is 0 Å². The van der Waals surface area contributed by atoms with Gasteiger partial charge in [-0.2, -0.15) is 5.10 Å². The van der Waals surface area contributed by atoms with Crippen molar-refractivity contribution in [3.8, 4) is 0 Å². The highest BCUT2D eigenvalue weighted by Crippen LogP contribution is 2.23. The van der Waals surface area contributed by atoms with Gasteiger partial charge in [0.2, 0.25) is 0 Å². The molecule has 2 rings (SSSR count). The van der Waals surface area contributed by atoms with E-state index in [1.54, 1.807) is 6.20 Å². The molecule has 1 atom stereocenters. The average Bonchev–Trinajstić information content (AvgIpc) is 2.28. The van der Waals surface area contributed by atoms with Crippen LogP contribution in [0.2, 0.25) is 0 Å². The Morgan fingerprint density at radius 1 is 1.62 bits per heavy atom. The van der Waals surface area contributed by atoms with Crippen LogP contribution < -0.4 is 10.6 Å². The predicted molar refractivity (Wildman–Crippen MR) is 62.3 cm³/mol. The van der Waals surface area contributed by atoms with Crippen LogP contribution in [0.15, 0.2) is 18.3 Å². The van der Waals surface area contributed by atoms with Crippen LogP contribution in [0, 0.1) is 0 Å². The molecular weight excluding hydrogens is 204 g/mol. The second kappa shape index (κ2) is 4.35. The molecule has 1 saturated heterocycles. The van der Waals surface area contributed by atoms with Crippen molar-refractivity contribution in [2.75, 3.05) is 24.5 Å². The highest BCUT2D eigenvalue weighted by Gasteiger charge is 2.33. The zero-order chi connectivity index (χ0) is 11.6. The molecule has 88 valence electrons. The molecule has 2 N–H and O–H groups in total. The molecule has 0 aliphatic carbocycles. The molecule has 0 spiro atoms. The van der Waals surface area contributed by atoms with Crippen molar-refractivity contribution in [1.29, 1.82) is 0 Å². The molecule has 1 aliphatic rings. The Hall–Kier alpha value is -1.20. The van der Waals surface area contributed by atoms with Crippen LogP contribution in [0.4, 0.5) is 5.82 Å². The summed E-state index contributed by atoms with van der Waals surface area (Å²) in [6, 6.07) is 3.85. The lowest BCUT2D eigenvalue weighted by Crippen LogP contribution is -2.55. The standard InChI is InChI=1S/C11H18N4O/c1-11(2)8-15(7-9(6-12)16-11)10-4-3-5-13-14-10/h3-5,9H,6-8,12H2,1-2H3. The van der Waals surface area contributed by atoms with Gasteiger partial charge >= 0.3 is 0 Å². The summed E-state index contributed by atoms with van der Waals surface area (Å²) in [6.07, 6.45) is 1.74. The average molecular weight is 222 g/mol. The maximum absolute atomic E-state index is 5.86. The number of hydrogen-bond acceptors (Lipinski definition) is 5. The van der Waals surface area contributed by atoms with E-state index in [0.29, 0.717) is 6.54 Å². The first-order valence-electron chi connectivity index (χ1n) is 5.51. The summed E-state index contributed by atoms with van der Waals surface area (Å²) in [6.45, 7) is 6.25. The van der Waals surface area contributed by atoms with Crippen molar-refractivity contribution in [3.63, 3.8) is 0 Å². The van der Waals surface area contributed by atoms with Gasteiger partial charge in [0.25, 0.3) is 0 Å². The summed E-state index contributed by atoms with van der Waals surface area (Å²) in [5.41, 5.74) is 5.48. The van der Waals surface area contributed by atoms with Gasteiger partial charge in [-0.3, -0.25) is 0 Å². The Labute approximate surface area is 95.6 Å². The third-order valence-electron chi connectivity index (χ3n) is 2.63. The zero-order valence-corrected chi connectivity index (χ0v) is 9.76. The van der Waals surface area contributed by atoms with Crippen LogP contribution in [-0.4, -0.2) is 41.5 Å². The normalized spacial score (nSPS) is 24.4. The lowest BCUT2D eigenvalue weighted by Gasteiger charge is -2.42. The molecular formula is C11H18N4O. The maximum Gasteiger partial charge on any atom is 0.151 e. The number of anilines is 1. The van der Waals surface area contributed by atoms with Gasteiger partial charge in [-0.1, -0.05) is 0 Å². The van der Waals surface area contributed by atoms with Gasteiger partial charge in [0.15, 0.2) is 5.82 Å². The van der Waals surface area contributed by atoms with Crippen LogP contribution in [0.25, 0.3) is 0 Å². The smallest absolute Gasteiger partial charge is 0.151 e. The minimum atomic E-state index is -0.195. The van der Waals surface area contributed by atoms with E-state index in [9.17, 15) is 0 Å². The first-order valence-corrected chi connectivity index (χ1v) is 5.51. The highest BCUT2D eigenvalue weighted by atomic mass is 16.5. The Morgan fingerprint density at radius 3 is 3.06 bits per heavy atom. The zero-order valence-electron chi connectivity index (χ0n) is 9.76. The van der Waals surface area contributed by atoms with Crippen LogP contribution in [-0.2, 0) is 4.74 Å². The van der Waals surface area contributed by atoms with Gasteiger partial charge in [0.05, 0.1) is 11.7 Å². The predicted octanol–water partition coefficient (Wildman–Crippen LogP) is 0.419. The summed E-state index contributed by atoms with van der Waals surface area (Å²) in [4.78, 5) is 2.17. The number of aromatic nitrogens is 2. The number of rotatable bonds is 2. The van der Waals surface area contributed by atoms with E-state index in [1.807, 2.05) is 12.1 Å². The topological polar surface area (TPSA) is 64.3 Å². The van der Waals surface area contributed by atoms with Crippen LogP contribution in [0.3, 0.4) is 0 Å². The van der Waals surface area contributed by atoms with Crippen molar-refractivity contribution < 1.29 is 4.74 Å². The van der Waals surface area contributed by atoms with Crippen molar-refractivity contribution in [2.45, 2.75) is 25.6 Å². The Morgan fingerprint density at radius 2 is 2.44 bits per heavy atom. The van der Waals surface area contributed by atoms with Gasteiger partial charge < -0.3 is 15.4 Å². The van der Waals surface area contributed by atoms with Gasteiger partial charge in [0, 0.05) is 25.8 Å². The minimum Gasteiger partial charge on any atom is -0.367 e. The molecule has 1 aliphatic heterocycles. The molecule has 0 radical (unpaired) electrons. The molecule has 5 heteroatoms. The molecule has 0 saturated carbocycles. The van der Waals surface area contributed by atoms with Crippen molar-refractivity contribution in [1.82, 2.24) is 10.2 Å². The van der Waals surface area contributed by atoms with E-state index in [1.165, 1.54) is 0 Å². The highest BCUT2D eigenvalue weighted by molar-refractivity contribution is 5.37. The summed E-state index contributed by atoms with van der Waals surface area (Å²) < 4.78 is 5.86. The Kier molecular flexibility index (Phi) is 3.07. The lowest BCUT2D eigenvalue weighted by atomic mass is 10.1. The third-order valence-corrected chi connectivity index (χ3v) is 2.63. The molecule has 0 amide bonds. The molecule has 5 nitrogen and oxygen atoms in total. The van der Waals surface area contributed by atoms with E-state index in [4.69, 9.17) is 10.5 Å².